The van der Waals surface area contributed by atoms with Gasteiger partial charge >= 0.3 is 0 Å². The van der Waals surface area contributed by atoms with Crippen LogP contribution in [0.4, 0.5) is 0 Å². The Kier molecular flexibility index (Phi) is 2.03. The summed E-state index contributed by atoms with van der Waals surface area (Å²) in [4.78, 5) is 23.6. The number of benzene rings is 1. The van der Waals surface area contributed by atoms with Crippen LogP contribution in [0, 0.1) is 0 Å². The van der Waals surface area contributed by atoms with Crippen LogP contribution in [0.2, 0.25) is 0 Å². The van der Waals surface area contributed by atoms with Crippen molar-refractivity contribution in [2.24, 2.45) is 0 Å². The van der Waals surface area contributed by atoms with Crippen molar-refractivity contribution in [3.05, 3.63) is 73.0 Å². The van der Waals surface area contributed by atoms with Gasteiger partial charge in [-0.1, -0.05) is 37.3 Å². The van der Waals surface area contributed by atoms with E-state index >= 15 is 0 Å². The molecule has 0 aromatic heterocycles. The minimum atomic E-state index is -0.253. The number of aryl methyl sites for hydroxylation is 1. The minimum absolute atomic E-state index is 0.0811. The molecule has 2 heteroatoms. The lowest BCUT2D eigenvalue weighted by Gasteiger charge is -2.35. The molecule has 0 aliphatic heterocycles. The van der Waals surface area contributed by atoms with Gasteiger partial charge in [0.15, 0.2) is 0 Å². The Labute approximate surface area is 111 Å². The Morgan fingerprint density at radius 2 is 1.79 bits per heavy atom. The van der Waals surface area contributed by atoms with Crippen molar-refractivity contribution >= 4 is 5.57 Å². The zero-order chi connectivity index (χ0) is 13.1. The highest BCUT2D eigenvalue weighted by molar-refractivity contribution is 5.79. The van der Waals surface area contributed by atoms with Gasteiger partial charge in [-0.2, -0.15) is 0 Å². The fourth-order valence-corrected chi connectivity index (χ4v) is 3.75. The van der Waals surface area contributed by atoms with E-state index in [0.717, 1.165) is 24.0 Å². The highest BCUT2D eigenvalue weighted by Gasteiger charge is 2.38. The number of rotatable bonds is 0. The lowest BCUT2D eigenvalue weighted by Crippen LogP contribution is -2.44. The third-order valence-electron chi connectivity index (χ3n) is 4.63. The molecule has 0 saturated heterocycles. The molecule has 94 valence electrons. The Bertz CT molecular complexity index is 788. The molecule has 2 aliphatic carbocycles. The summed E-state index contributed by atoms with van der Waals surface area (Å²) in [5, 5.41) is 0. The minimum Gasteiger partial charge on any atom is -0.285 e. The molecular formula is C17H14O2. The van der Waals surface area contributed by atoms with Crippen LogP contribution in [0.15, 0.2) is 39.9 Å². The molecule has 0 spiro atoms. The molecule has 0 heterocycles. The Morgan fingerprint density at radius 3 is 2.63 bits per heavy atom. The average Bonchev–Trinajstić information content (AvgIpc) is 2.45. The van der Waals surface area contributed by atoms with Crippen LogP contribution in [0.5, 0.6) is 0 Å². The van der Waals surface area contributed by atoms with Gasteiger partial charge in [-0.05, 0) is 29.5 Å². The number of hydrogen-bond donors (Lipinski definition) is 0. The van der Waals surface area contributed by atoms with E-state index in [1.807, 2.05) is 13.0 Å². The SMILES string of the molecule is CC1C=C2c3ccccc3CCC2c2c1c(=O)c2=O. The molecule has 2 nitrogen and oxygen atoms in total. The van der Waals surface area contributed by atoms with Gasteiger partial charge in [-0.15, -0.1) is 0 Å². The maximum Gasteiger partial charge on any atom is 0.230 e. The smallest absolute Gasteiger partial charge is 0.230 e. The molecule has 0 radical (unpaired) electrons. The zero-order valence-electron chi connectivity index (χ0n) is 10.8. The Morgan fingerprint density at radius 1 is 1.05 bits per heavy atom. The van der Waals surface area contributed by atoms with Crippen molar-refractivity contribution in [2.45, 2.75) is 31.6 Å². The molecule has 2 aromatic carbocycles. The third-order valence-corrected chi connectivity index (χ3v) is 4.63. The molecule has 4 rings (SSSR count). The van der Waals surface area contributed by atoms with Crippen molar-refractivity contribution in [3.8, 4) is 0 Å². The summed E-state index contributed by atoms with van der Waals surface area (Å²) in [7, 11) is 0. The standard InChI is InChI=1S/C17H14O2/c1-9-8-13-11-5-3-2-4-10(11)6-7-12(13)15-14(9)16(18)17(15)19/h2-5,8-9,12H,6-7H2,1H3. The van der Waals surface area contributed by atoms with Crippen molar-refractivity contribution in [3.63, 3.8) is 0 Å². The van der Waals surface area contributed by atoms with E-state index in [0.29, 0.717) is 0 Å². The summed E-state index contributed by atoms with van der Waals surface area (Å²) < 4.78 is 0. The first-order valence-electron chi connectivity index (χ1n) is 6.81. The maximum atomic E-state index is 11.9. The molecule has 0 fully saturated rings. The van der Waals surface area contributed by atoms with Gasteiger partial charge < -0.3 is 0 Å². The number of hydrogen-bond acceptors (Lipinski definition) is 2. The second-order valence-corrected chi connectivity index (χ2v) is 5.64. The molecule has 19 heavy (non-hydrogen) atoms. The van der Waals surface area contributed by atoms with Crippen molar-refractivity contribution in [2.75, 3.05) is 0 Å². The second kappa shape index (κ2) is 3.53. The molecule has 0 N–H and O–H groups in total. The van der Waals surface area contributed by atoms with E-state index in [4.69, 9.17) is 0 Å². The molecule has 2 aliphatic rings. The summed E-state index contributed by atoms with van der Waals surface area (Å²) in [5.41, 5.74) is 4.98. The van der Waals surface area contributed by atoms with E-state index in [-0.39, 0.29) is 22.7 Å². The summed E-state index contributed by atoms with van der Waals surface area (Å²) in [6, 6.07) is 8.41. The maximum absolute atomic E-state index is 11.9. The highest BCUT2D eigenvalue weighted by atomic mass is 16.2. The van der Waals surface area contributed by atoms with Crippen LogP contribution < -0.4 is 10.9 Å². The summed E-state index contributed by atoms with van der Waals surface area (Å²) in [6.45, 7) is 2.01. The van der Waals surface area contributed by atoms with Crippen LogP contribution in [-0.2, 0) is 6.42 Å². The first-order chi connectivity index (χ1) is 9.18. The Hall–Kier alpha value is -1.96. The van der Waals surface area contributed by atoms with Gasteiger partial charge in [-0.25, -0.2) is 0 Å². The van der Waals surface area contributed by atoms with Gasteiger partial charge in [0.2, 0.25) is 10.9 Å². The molecule has 0 saturated carbocycles. The topological polar surface area (TPSA) is 34.1 Å². The summed E-state index contributed by atoms with van der Waals surface area (Å²) in [5.74, 6) is 0.240. The van der Waals surface area contributed by atoms with Gasteiger partial charge in [0.05, 0.1) is 0 Å². The summed E-state index contributed by atoms with van der Waals surface area (Å²) in [6.07, 6.45) is 4.13. The Balaban J connectivity index is 1.95. The third kappa shape index (κ3) is 1.26. The number of fused-ring (bicyclic) bond motifs is 5. The monoisotopic (exact) mass is 250 g/mol. The van der Waals surface area contributed by atoms with Crippen LogP contribution >= 0.6 is 0 Å². The van der Waals surface area contributed by atoms with Crippen molar-refractivity contribution in [1.82, 2.24) is 0 Å². The molecule has 0 bridgehead atoms. The zero-order valence-corrected chi connectivity index (χ0v) is 10.8. The summed E-state index contributed by atoms with van der Waals surface area (Å²) >= 11 is 0. The van der Waals surface area contributed by atoms with Gasteiger partial charge in [-0.3, -0.25) is 9.59 Å². The lowest BCUT2D eigenvalue weighted by atomic mass is 9.67. The number of allylic oxidation sites excluding steroid dienone is 2. The van der Waals surface area contributed by atoms with E-state index < -0.39 is 0 Å². The molecule has 2 aromatic rings. The van der Waals surface area contributed by atoms with Gasteiger partial charge in [0.25, 0.3) is 0 Å². The predicted molar refractivity (Wildman–Crippen MR) is 75.3 cm³/mol. The first kappa shape index (κ1) is 10.9. The van der Waals surface area contributed by atoms with Crippen LogP contribution in [0.1, 0.15) is 47.4 Å². The van der Waals surface area contributed by atoms with Gasteiger partial charge in [0.1, 0.15) is 0 Å². The highest BCUT2D eigenvalue weighted by Crippen LogP contribution is 2.47. The predicted octanol–water partition coefficient (Wildman–Crippen LogP) is 2.51. The van der Waals surface area contributed by atoms with Gasteiger partial charge in [0, 0.05) is 23.0 Å². The van der Waals surface area contributed by atoms with E-state index in [2.05, 4.69) is 24.3 Å². The second-order valence-electron chi connectivity index (χ2n) is 5.64. The average molecular weight is 250 g/mol. The van der Waals surface area contributed by atoms with Crippen molar-refractivity contribution < 1.29 is 0 Å². The molecular weight excluding hydrogens is 236 g/mol. The normalized spacial score (nSPS) is 24.4. The first-order valence-corrected chi connectivity index (χ1v) is 6.81. The quantitative estimate of drug-likeness (QED) is 0.673. The van der Waals surface area contributed by atoms with E-state index in [1.165, 1.54) is 16.7 Å². The van der Waals surface area contributed by atoms with Crippen LogP contribution in [0.3, 0.4) is 0 Å². The molecule has 2 unspecified atom stereocenters. The van der Waals surface area contributed by atoms with E-state index in [1.54, 1.807) is 0 Å². The lowest BCUT2D eigenvalue weighted by molar-refractivity contribution is 0.675. The van der Waals surface area contributed by atoms with Crippen molar-refractivity contribution in [1.29, 1.82) is 0 Å². The van der Waals surface area contributed by atoms with E-state index in [9.17, 15) is 9.59 Å². The fraction of sp³-hybridized carbons (Fsp3) is 0.294. The largest absolute Gasteiger partial charge is 0.285 e. The molecule has 2 atom stereocenters. The fourth-order valence-electron chi connectivity index (χ4n) is 3.75. The van der Waals surface area contributed by atoms with Crippen LogP contribution in [-0.4, -0.2) is 0 Å². The molecule has 0 amide bonds. The van der Waals surface area contributed by atoms with Crippen LogP contribution in [0.25, 0.3) is 5.57 Å².